The maximum atomic E-state index is 12.4. The molecule has 16 heavy (non-hydrogen) atoms. The first-order chi connectivity index (χ1) is 7.34. The number of alkyl halides is 3. The highest BCUT2D eigenvalue weighted by Crippen LogP contribution is 2.33. The summed E-state index contributed by atoms with van der Waals surface area (Å²) in [4.78, 5) is 10.9. The summed E-state index contributed by atoms with van der Waals surface area (Å²) in [6, 6.07) is 3.59. The number of benzene rings is 1. The summed E-state index contributed by atoms with van der Waals surface area (Å²) < 4.78 is 41.7. The first kappa shape index (κ1) is 13.3. The van der Waals surface area contributed by atoms with Gasteiger partial charge in [-0.25, -0.2) is 0 Å². The summed E-state index contributed by atoms with van der Waals surface area (Å²) in [6.45, 7) is 0. The molecule has 0 unspecified atom stereocenters. The zero-order valence-electron chi connectivity index (χ0n) is 8.27. The normalized spacial score (nSPS) is 11.3. The fraction of sp³-hybridized carbons (Fsp3) is 0.300. The van der Waals surface area contributed by atoms with E-state index in [1.54, 1.807) is 22.6 Å². The molecule has 0 aliphatic heterocycles. The summed E-state index contributed by atoms with van der Waals surface area (Å²) >= 11 is 1.60. The Morgan fingerprint density at radius 3 is 2.50 bits per heavy atom. The van der Waals surface area contributed by atoms with E-state index in [9.17, 15) is 18.0 Å². The molecule has 0 spiro atoms. The molecular formula is C10H8F3IO2. The molecule has 1 rings (SSSR count). The summed E-state index contributed by atoms with van der Waals surface area (Å²) in [5.41, 5.74) is -0.189. The molecule has 0 atom stereocenters. The van der Waals surface area contributed by atoms with Crippen LogP contribution in [0, 0.1) is 3.57 Å². The van der Waals surface area contributed by atoms with Crippen LogP contribution < -0.4 is 0 Å². The maximum absolute atomic E-state index is 12.4. The van der Waals surface area contributed by atoms with Crippen LogP contribution in [0.3, 0.4) is 0 Å². The van der Waals surface area contributed by atoms with E-state index in [0.717, 1.165) is 6.07 Å². The van der Waals surface area contributed by atoms with E-state index < -0.39 is 17.7 Å². The minimum atomic E-state index is -4.36. The minimum Gasteiger partial charge on any atom is -0.469 e. The van der Waals surface area contributed by atoms with Gasteiger partial charge in [0.2, 0.25) is 0 Å². The van der Waals surface area contributed by atoms with Crippen LogP contribution >= 0.6 is 22.6 Å². The Labute approximate surface area is 104 Å². The third kappa shape index (κ3) is 3.36. The van der Waals surface area contributed by atoms with E-state index in [1.165, 1.54) is 19.2 Å². The second-order valence-electron chi connectivity index (χ2n) is 3.06. The number of carbonyl (C=O) groups excluding carboxylic acids is 1. The fourth-order valence-corrected chi connectivity index (χ4v) is 2.02. The van der Waals surface area contributed by atoms with E-state index in [2.05, 4.69) is 4.74 Å². The Hall–Kier alpha value is -0.790. The molecule has 0 aliphatic carbocycles. The molecule has 0 saturated heterocycles. The van der Waals surface area contributed by atoms with Gasteiger partial charge in [-0.15, -0.1) is 0 Å². The van der Waals surface area contributed by atoms with Crippen LogP contribution in [0.15, 0.2) is 18.2 Å². The molecule has 0 aliphatic rings. The van der Waals surface area contributed by atoms with E-state index in [0.29, 0.717) is 5.56 Å². The molecule has 0 bridgehead atoms. The molecule has 0 saturated carbocycles. The monoisotopic (exact) mass is 344 g/mol. The molecule has 2 nitrogen and oxygen atoms in total. The van der Waals surface area contributed by atoms with Crippen LogP contribution in [0.25, 0.3) is 0 Å². The first-order valence-electron chi connectivity index (χ1n) is 4.27. The van der Waals surface area contributed by atoms with Crippen molar-refractivity contribution in [3.8, 4) is 0 Å². The van der Waals surface area contributed by atoms with Gasteiger partial charge in [-0.1, -0.05) is 6.07 Å². The minimum absolute atomic E-state index is 0.0232. The van der Waals surface area contributed by atoms with Gasteiger partial charge in [0.1, 0.15) is 0 Å². The van der Waals surface area contributed by atoms with Gasteiger partial charge in [0, 0.05) is 3.57 Å². The van der Waals surface area contributed by atoms with E-state index >= 15 is 0 Å². The van der Waals surface area contributed by atoms with Gasteiger partial charge in [0.15, 0.2) is 0 Å². The van der Waals surface area contributed by atoms with Crippen LogP contribution in [0.5, 0.6) is 0 Å². The molecule has 0 radical (unpaired) electrons. The lowest BCUT2D eigenvalue weighted by Gasteiger charge is -2.10. The van der Waals surface area contributed by atoms with Gasteiger partial charge in [-0.05, 0) is 40.3 Å². The highest BCUT2D eigenvalue weighted by molar-refractivity contribution is 14.1. The quantitative estimate of drug-likeness (QED) is 0.609. The van der Waals surface area contributed by atoms with Gasteiger partial charge >= 0.3 is 12.1 Å². The smallest absolute Gasteiger partial charge is 0.417 e. The van der Waals surface area contributed by atoms with Crippen molar-refractivity contribution >= 4 is 28.6 Å². The average molecular weight is 344 g/mol. The zero-order chi connectivity index (χ0) is 12.3. The Kier molecular flexibility index (Phi) is 4.17. The third-order valence-corrected chi connectivity index (χ3v) is 2.81. The number of hydrogen-bond acceptors (Lipinski definition) is 2. The molecule has 6 heteroatoms. The van der Waals surface area contributed by atoms with Crippen LogP contribution in [-0.4, -0.2) is 13.1 Å². The molecule has 0 amide bonds. The van der Waals surface area contributed by atoms with Gasteiger partial charge in [-0.2, -0.15) is 13.2 Å². The van der Waals surface area contributed by atoms with Crippen molar-refractivity contribution in [3.63, 3.8) is 0 Å². The van der Waals surface area contributed by atoms with Crippen LogP contribution in [0.4, 0.5) is 13.2 Å². The standard InChI is InChI=1S/C10H8F3IO2/c1-16-9(15)5-6-2-3-7(8(14)4-6)10(11,12)13/h2-4H,5H2,1H3. The maximum Gasteiger partial charge on any atom is 0.417 e. The number of carbonyl (C=O) groups is 1. The SMILES string of the molecule is COC(=O)Cc1ccc(C(F)(F)F)c(I)c1. The van der Waals surface area contributed by atoms with E-state index in [1.807, 2.05) is 0 Å². The number of methoxy groups -OCH3 is 1. The predicted octanol–water partition coefficient (Wildman–Crippen LogP) is 3.03. The largest absolute Gasteiger partial charge is 0.469 e. The van der Waals surface area contributed by atoms with Crippen molar-refractivity contribution in [1.29, 1.82) is 0 Å². The Morgan fingerprint density at radius 2 is 2.06 bits per heavy atom. The van der Waals surface area contributed by atoms with Crippen molar-refractivity contribution in [2.75, 3.05) is 7.11 Å². The van der Waals surface area contributed by atoms with E-state index in [-0.39, 0.29) is 9.99 Å². The number of rotatable bonds is 2. The summed E-state index contributed by atoms with van der Waals surface area (Å²) in [6.07, 6.45) is -4.38. The van der Waals surface area contributed by atoms with Crippen LogP contribution in [0.1, 0.15) is 11.1 Å². The van der Waals surface area contributed by atoms with Gasteiger partial charge in [0.05, 0.1) is 19.1 Å². The molecule has 1 aromatic rings. The van der Waals surface area contributed by atoms with Crippen molar-refractivity contribution in [2.24, 2.45) is 0 Å². The predicted molar refractivity (Wildman–Crippen MR) is 59.9 cm³/mol. The second-order valence-corrected chi connectivity index (χ2v) is 4.23. The van der Waals surface area contributed by atoms with Gasteiger partial charge in [-0.3, -0.25) is 4.79 Å². The second kappa shape index (κ2) is 5.03. The molecule has 0 aromatic heterocycles. The third-order valence-electron chi connectivity index (χ3n) is 1.92. The van der Waals surface area contributed by atoms with Crippen molar-refractivity contribution in [1.82, 2.24) is 0 Å². The highest BCUT2D eigenvalue weighted by atomic mass is 127. The van der Waals surface area contributed by atoms with Crippen molar-refractivity contribution < 1.29 is 22.7 Å². The zero-order valence-corrected chi connectivity index (χ0v) is 10.4. The fourth-order valence-electron chi connectivity index (χ4n) is 1.14. The Morgan fingerprint density at radius 1 is 1.44 bits per heavy atom. The Balaban J connectivity index is 2.96. The lowest BCUT2D eigenvalue weighted by atomic mass is 10.1. The Bertz CT molecular complexity index is 402. The lowest BCUT2D eigenvalue weighted by Crippen LogP contribution is -2.09. The topological polar surface area (TPSA) is 26.3 Å². The van der Waals surface area contributed by atoms with Gasteiger partial charge in [0.25, 0.3) is 0 Å². The van der Waals surface area contributed by atoms with E-state index in [4.69, 9.17) is 0 Å². The average Bonchev–Trinajstić information content (AvgIpc) is 2.15. The number of hydrogen-bond donors (Lipinski definition) is 0. The summed E-state index contributed by atoms with van der Waals surface area (Å²) in [7, 11) is 1.23. The number of halogens is 4. The molecule has 0 N–H and O–H groups in total. The molecule has 0 fully saturated rings. The molecule has 88 valence electrons. The van der Waals surface area contributed by atoms with Gasteiger partial charge < -0.3 is 4.74 Å². The summed E-state index contributed by atoms with van der Waals surface area (Å²) in [5, 5.41) is 0. The number of ether oxygens (including phenoxy) is 1. The molecular weight excluding hydrogens is 336 g/mol. The molecule has 1 aromatic carbocycles. The highest BCUT2D eigenvalue weighted by Gasteiger charge is 2.32. The summed E-state index contributed by atoms with van der Waals surface area (Å²) in [5.74, 6) is -0.476. The first-order valence-corrected chi connectivity index (χ1v) is 5.35. The van der Waals surface area contributed by atoms with Crippen molar-refractivity contribution in [2.45, 2.75) is 12.6 Å². The van der Waals surface area contributed by atoms with Crippen LogP contribution in [0.2, 0.25) is 0 Å². The van der Waals surface area contributed by atoms with Crippen LogP contribution in [-0.2, 0) is 22.1 Å². The number of esters is 1. The van der Waals surface area contributed by atoms with Crippen molar-refractivity contribution in [3.05, 3.63) is 32.9 Å². The molecule has 0 heterocycles. The lowest BCUT2D eigenvalue weighted by molar-refractivity contribution is -0.139.